The van der Waals surface area contributed by atoms with Crippen molar-refractivity contribution in [2.45, 2.75) is 6.42 Å². The summed E-state index contributed by atoms with van der Waals surface area (Å²) in [5.41, 5.74) is 0.788. The van der Waals surface area contributed by atoms with Gasteiger partial charge in [-0.2, -0.15) is 4.39 Å². The number of anilines is 1. The number of benzene rings is 1. The quantitative estimate of drug-likeness (QED) is 0.866. The number of hydrogen-bond donors (Lipinski definition) is 1. The number of nitrogens with zero attached hydrogens (tertiary/aromatic N) is 1. The van der Waals surface area contributed by atoms with Crippen molar-refractivity contribution in [1.29, 1.82) is 0 Å². The van der Waals surface area contributed by atoms with E-state index in [2.05, 4.69) is 10.3 Å². The van der Waals surface area contributed by atoms with Crippen molar-refractivity contribution in [2.75, 3.05) is 5.32 Å². The van der Waals surface area contributed by atoms with Crippen LogP contribution >= 0.6 is 11.6 Å². The number of pyridine rings is 1. The van der Waals surface area contributed by atoms with E-state index in [4.69, 9.17) is 11.6 Å². The van der Waals surface area contributed by atoms with Gasteiger partial charge in [0, 0.05) is 5.02 Å². The van der Waals surface area contributed by atoms with Crippen LogP contribution < -0.4 is 5.32 Å². The molecule has 92 valence electrons. The van der Waals surface area contributed by atoms with Crippen molar-refractivity contribution < 1.29 is 9.18 Å². The summed E-state index contributed by atoms with van der Waals surface area (Å²) in [6, 6.07) is 11.2. The average Bonchev–Trinajstić information content (AvgIpc) is 2.28. The minimum Gasteiger partial charge on any atom is -0.310 e. The van der Waals surface area contributed by atoms with Crippen LogP contribution in [-0.4, -0.2) is 10.9 Å². The first-order valence-corrected chi connectivity index (χ1v) is 5.68. The Kier molecular flexibility index (Phi) is 3.89. The van der Waals surface area contributed by atoms with Gasteiger partial charge in [0.2, 0.25) is 11.9 Å². The van der Waals surface area contributed by atoms with E-state index >= 15 is 0 Å². The zero-order valence-corrected chi connectivity index (χ0v) is 10.1. The van der Waals surface area contributed by atoms with Gasteiger partial charge in [-0.1, -0.05) is 29.8 Å². The van der Waals surface area contributed by atoms with Crippen molar-refractivity contribution in [1.82, 2.24) is 4.98 Å². The molecule has 1 amide bonds. The van der Waals surface area contributed by atoms with E-state index < -0.39 is 5.95 Å². The molecule has 0 atom stereocenters. The molecule has 0 unspecified atom stereocenters. The highest BCUT2D eigenvalue weighted by atomic mass is 35.5. The van der Waals surface area contributed by atoms with Gasteiger partial charge in [0.1, 0.15) is 5.82 Å². The second-order valence-electron chi connectivity index (χ2n) is 3.70. The Balaban J connectivity index is 2.01. The third kappa shape index (κ3) is 3.53. The molecule has 1 aromatic carbocycles. The van der Waals surface area contributed by atoms with Crippen molar-refractivity contribution in [3.05, 3.63) is 59.0 Å². The minimum atomic E-state index is -0.629. The molecule has 0 fully saturated rings. The average molecular weight is 265 g/mol. The SMILES string of the molecule is O=C(Cc1cccc(Cl)c1)Nc1cccc(F)n1. The maximum absolute atomic E-state index is 12.8. The first-order chi connectivity index (χ1) is 8.63. The summed E-state index contributed by atoms with van der Waals surface area (Å²) in [6.07, 6.45) is 0.165. The van der Waals surface area contributed by atoms with Gasteiger partial charge in [-0.05, 0) is 29.8 Å². The summed E-state index contributed by atoms with van der Waals surface area (Å²) in [5, 5.41) is 3.09. The van der Waals surface area contributed by atoms with Gasteiger partial charge < -0.3 is 5.32 Å². The number of amides is 1. The Morgan fingerprint density at radius 1 is 1.28 bits per heavy atom. The molecule has 0 saturated heterocycles. The van der Waals surface area contributed by atoms with Crippen molar-refractivity contribution in [2.24, 2.45) is 0 Å². The Hall–Kier alpha value is -1.94. The molecular formula is C13H10ClFN2O. The van der Waals surface area contributed by atoms with E-state index in [0.717, 1.165) is 5.56 Å². The van der Waals surface area contributed by atoms with Crippen LogP contribution in [0.3, 0.4) is 0 Å². The van der Waals surface area contributed by atoms with Gasteiger partial charge in [0.15, 0.2) is 0 Å². The standard InChI is InChI=1S/C13H10ClFN2O/c14-10-4-1-3-9(7-10)8-13(18)17-12-6-2-5-11(15)16-12/h1-7H,8H2,(H,16,17,18). The van der Waals surface area contributed by atoms with Gasteiger partial charge in [-0.15, -0.1) is 0 Å². The minimum absolute atomic E-state index is 0.165. The van der Waals surface area contributed by atoms with E-state index in [0.29, 0.717) is 5.02 Å². The molecular weight excluding hydrogens is 255 g/mol. The van der Waals surface area contributed by atoms with Crippen molar-refractivity contribution >= 4 is 23.3 Å². The highest BCUT2D eigenvalue weighted by Gasteiger charge is 2.05. The van der Waals surface area contributed by atoms with Gasteiger partial charge in [-0.25, -0.2) is 4.98 Å². The Morgan fingerprint density at radius 3 is 2.78 bits per heavy atom. The number of carbonyl (C=O) groups is 1. The van der Waals surface area contributed by atoms with Crippen LogP contribution in [-0.2, 0) is 11.2 Å². The maximum atomic E-state index is 12.8. The van der Waals surface area contributed by atoms with Crippen LogP contribution in [0.5, 0.6) is 0 Å². The molecule has 1 N–H and O–H groups in total. The molecule has 5 heteroatoms. The number of aromatic nitrogens is 1. The topological polar surface area (TPSA) is 42.0 Å². The number of nitrogens with one attached hydrogen (secondary N) is 1. The van der Waals surface area contributed by atoms with Gasteiger partial charge in [0.25, 0.3) is 0 Å². The summed E-state index contributed by atoms with van der Waals surface area (Å²) in [5.74, 6) is -0.701. The molecule has 0 aliphatic rings. The van der Waals surface area contributed by atoms with E-state index in [1.807, 2.05) is 0 Å². The lowest BCUT2D eigenvalue weighted by molar-refractivity contribution is -0.115. The molecule has 0 saturated carbocycles. The Labute approximate surface area is 109 Å². The van der Waals surface area contributed by atoms with Crippen LogP contribution in [0.4, 0.5) is 10.2 Å². The predicted molar refractivity (Wildman–Crippen MR) is 68.0 cm³/mol. The molecule has 1 heterocycles. The molecule has 1 aromatic heterocycles. The van der Waals surface area contributed by atoms with E-state index in [-0.39, 0.29) is 18.1 Å². The first-order valence-electron chi connectivity index (χ1n) is 5.30. The number of halogens is 2. The summed E-state index contributed by atoms with van der Waals surface area (Å²) in [4.78, 5) is 15.2. The second-order valence-corrected chi connectivity index (χ2v) is 4.14. The normalized spacial score (nSPS) is 10.1. The summed E-state index contributed by atoms with van der Waals surface area (Å²) in [7, 11) is 0. The van der Waals surface area contributed by atoms with Crippen LogP contribution in [0.15, 0.2) is 42.5 Å². The Bertz CT molecular complexity index is 525. The third-order valence-corrected chi connectivity index (χ3v) is 2.47. The molecule has 0 radical (unpaired) electrons. The number of rotatable bonds is 3. The summed E-state index contributed by atoms with van der Waals surface area (Å²) < 4.78 is 12.8. The fourth-order valence-corrected chi connectivity index (χ4v) is 1.71. The fourth-order valence-electron chi connectivity index (χ4n) is 1.50. The smallest absolute Gasteiger partial charge is 0.229 e. The van der Waals surface area contributed by atoms with Crippen molar-refractivity contribution in [3.63, 3.8) is 0 Å². The fraction of sp³-hybridized carbons (Fsp3) is 0.0769. The molecule has 0 aliphatic heterocycles. The molecule has 0 aliphatic carbocycles. The Morgan fingerprint density at radius 2 is 2.06 bits per heavy atom. The highest BCUT2D eigenvalue weighted by Crippen LogP contribution is 2.12. The van der Waals surface area contributed by atoms with Crippen molar-refractivity contribution in [3.8, 4) is 0 Å². The van der Waals surface area contributed by atoms with Crippen LogP contribution in [0.25, 0.3) is 0 Å². The lowest BCUT2D eigenvalue weighted by Gasteiger charge is -2.04. The molecule has 2 aromatic rings. The lowest BCUT2D eigenvalue weighted by Crippen LogP contribution is -2.15. The summed E-state index contributed by atoms with van der Waals surface area (Å²) >= 11 is 5.82. The van der Waals surface area contributed by atoms with Gasteiger partial charge in [0.05, 0.1) is 6.42 Å². The van der Waals surface area contributed by atoms with Crippen LogP contribution in [0.2, 0.25) is 5.02 Å². The molecule has 0 spiro atoms. The van der Waals surface area contributed by atoms with Gasteiger partial charge >= 0.3 is 0 Å². The van der Waals surface area contributed by atoms with Gasteiger partial charge in [-0.3, -0.25) is 4.79 Å². The maximum Gasteiger partial charge on any atom is 0.229 e. The highest BCUT2D eigenvalue weighted by molar-refractivity contribution is 6.30. The third-order valence-electron chi connectivity index (χ3n) is 2.24. The monoisotopic (exact) mass is 264 g/mol. The first kappa shape index (κ1) is 12.5. The molecule has 0 bridgehead atoms. The van der Waals surface area contributed by atoms with Crippen LogP contribution in [0, 0.1) is 5.95 Å². The largest absolute Gasteiger partial charge is 0.310 e. The predicted octanol–water partition coefficient (Wildman–Crippen LogP) is 3.06. The van der Waals surface area contributed by atoms with E-state index in [1.165, 1.54) is 18.2 Å². The van der Waals surface area contributed by atoms with E-state index in [9.17, 15) is 9.18 Å². The molecule has 3 nitrogen and oxygen atoms in total. The number of carbonyl (C=O) groups excluding carboxylic acids is 1. The molecule has 2 rings (SSSR count). The van der Waals surface area contributed by atoms with E-state index in [1.54, 1.807) is 24.3 Å². The zero-order chi connectivity index (χ0) is 13.0. The summed E-state index contributed by atoms with van der Waals surface area (Å²) in [6.45, 7) is 0. The number of hydrogen-bond acceptors (Lipinski definition) is 2. The molecule has 18 heavy (non-hydrogen) atoms. The lowest BCUT2D eigenvalue weighted by atomic mass is 10.1. The second kappa shape index (κ2) is 5.60. The van der Waals surface area contributed by atoms with Crippen LogP contribution in [0.1, 0.15) is 5.56 Å². The zero-order valence-electron chi connectivity index (χ0n) is 9.36.